The van der Waals surface area contributed by atoms with Gasteiger partial charge in [-0.15, -0.1) is 0 Å². The average Bonchev–Trinajstić information content (AvgIpc) is 3.60. The Balaban J connectivity index is 1.50. The van der Waals surface area contributed by atoms with Crippen molar-refractivity contribution in [2.24, 2.45) is 22.6 Å². The highest BCUT2D eigenvalue weighted by molar-refractivity contribution is 5.79. The van der Waals surface area contributed by atoms with Crippen LogP contribution in [0.4, 0.5) is 0 Å². The largest absolute Gasteiger partial charge is 0.504 e. The number of ketones is 1. The number of carbonyl (C=O) groups is 1. The van der Waals surface area contributed by atoms with Crippen LogP contribution in [-0.2, 0) is 30.5 Å². The van der Waals surface area contributed by atoms with E-state index in [1.54, 1.807) is 12.1 Å². The molecule has 2 aromatic rings. The Labute approximate surface area is 296 Å². The third kappa shape index (κ3) is 9.83. The molecule has 0 aromatic heterocycles. The zero-order valence-corrected chi connectivity index (χ0v) is 29.7. The molecule has 2 bridgehead atoms. The minimum atomic E-state index is -1.08. The van der Waals surface area contributed by atoms with Crippen molar-refractivity contribution in [2.75, 3.05) is 26.9 Å². The van der Waals surface area contributed by atoms with E-state index >= 15 is 0 Å². The number of nitrogens with two attached hydrogens (primary N) is 1. The summed E-state index contributed by atoms with van der Waals surface area (Å²) in [6.07, 6.45) is 5.73. The van der Waals surface area contributed by atoms with E-state index in [4.69, 9.17) is 19.9 Å². The second kappa shape index (κ2) is 17.8. The van der Waals surface area contributed by atoms with Crippen LogP contribution >= 0.6 is 0 Å². The normalized spacial score (nSPS) is 21.6. The van der Waals surface area contributed by atoms with Gasteiger partial charge in [-0.25, -0.2) is 0 Å². The van der Waals surface area contributed by atoms with Crippen molar-refractivity contribution in [1.82, 2.24) is 10.6 Å². The van der Waals surface area contributed by atoms with Crippen molar-refractivity contribution in [3.63, 3.8) is 0 Å². The molecule has 1 heterocycles. The van der Waals surface area contributed by atoms with Gasteiger partial charge in [0.25, 0.3) is 0 Å². The van der Waals surface area contributed by atoms with Gasteiger partial charge in [0.15, 0.2) is 29.0 Å². The summed E-state index contributed by atoms with van der Waals surface area (Å²) in [5.41, 5.74) is 10.1. The topological polar surface area (TPSA) is 168 Å². The lowest BCUT2D eigenvalue weighted by atomic mass is 9.86. The number of carbonyl (C=O) groups excluding carboxylic acids is 1. The van der Waals surface area contributed by atoms with Gasteiger partial charge in [-0.1, -0.05) is 50.7 Å². The third-order valence-corrected chi connectivity index (χ3v) is 9.81. The van der Waals surface area contributed by atoms with E-state index in [0.29, 0.717) is 86.6 Å². The first-order valence-corrected chi connectivity index (χ1v) is 18.1. The monoisotopic (exact) mass is 690 g/mol. The first kappa shape index (κ1) is 37.3. The maximum absolute atomic E-state index is 12.9. The van der Waals surface area contributed by atoms with Gasteiger partial charge in [0, 0.05) is 55.4 Å². The number of methoxy groups -OCH3 is 1. The number of aliphatic hydroxyl groups excluding tert-OH is 2. The van der Waals surface area contributed by atoms with Gasteiger partial charge < -0.3 is 40.6 Å². The number of hydrogen-bond acceptors (Lipinski definition) is 9. The molecule has 2 aliphatic carbocycles. The van der Waals surface area contributed by atoms with Crippen molar-refractivity contribution in [1.29, 1.82) is 0 Å². The molecule has 0 unspecified atom stereocenters. The molecule has 0 radical (unpaired) electrons. The Morgan fingerprint density at radius 3 is 2.64 bits per heavy atom. The van der Waals surface area contributed by atoms with Crippen LogP contribution in [0.15, 0.2) is 23.2 Å². The van der Waals surface area contributed by atoms with Crippen molar-refractivity contribution < 1.29 is 34.3 Å². The van der Waals surface area contributed by atoms with E-state index in [1.165, 1.54) is 20.0 Å². The maximum Gasteiger partial charge on any atom is 0.200 e. The second-order valence-electron chi connectivity index (χ2n) is 14.2. The highest BCUT2D eigenvalue weighted by Gasteiger charge is 2.34. The maximum atomic E-state index is 12.9. The molecule has 0 spiro atoms. The zero-order chi connectivity index (χ0) is 35.6. The number of rotatable bonds is 10. The molecule has 11 nitrogen and oxygen atoms in total. The molecule has 0 saturated heterocycles. The number of nitrogens with one attached hydrogen (secondary N) is 2. The first-order chi connectivity index (χ1) is 24.1. The fourth-order valence-corrected chi connectivity index (χ4v) is 7.02. The molecule has 272 valence electrons. The highest BCUT2D eigenvalue weighted by atomic mass is 16.6. The fourth-order valence-electron chi connectivity index (χ4n) is 7.02. The Bertz CT molecular complexity index is 1570. The van der Waals surface area contributed by atoms with E-state index in [2.05, 4.69) is 47.4 Å². The Kier molecular flexibility index (Phi) is 13.3. The van der Waals surface area contributed by atoms with Gasteiger partial charge in [-0.3, -0.25) is 15.1 Å². The average molecular weight is 691 g/mol. The summed E-state index contributed by atoms with van der Waals surface area (Å²) in [4.78, 5) is 17.3. The number of guanidine groups is 1. The van der Waals surface area contributed by atoms with Crippen LogP contribution in [0, 0.1) is 23.7 Å². The Morgan fingerprint density at radius 2 is 1.88 bits per heavy atom. The van der Waals surface area contributed by atoms with Gasteiger partial charge >= 0.3 is 0 Å². The molecule has 5 rings (SSSR count). The lowest BCUT2D eigenvalue weighted by Gasteiger charge is -2.34. The molecule has 3 atom stereocenters. The van der Waals surface area contributed by atoms with Gasteiger partial charge in [-0.2, -0.15) is 0 Å². The van der Waals surface area contributed by atoms with Gasteiger partial charge in [-0.05, 0) is 68.1 Å². The SMILES string of the molecule is COc1c(O)ccc2c1C#CCc1cc(c3c(c1OCNC1CCCC1)O[C@H](O)[C@H](CCNC(N)=NCC(C)C)C3)CC[C@@H](O)CC(=O)CC2. The van der Waals surface area contributed by atoms with Gasteiger partial charge in [0.2, 0.25) is 6.29 Å². The molecule has 0 amide bonds. The predicted octanol–water partition coefficient (Wildman–Crippen LogP) is 3.88. The zero-order valence-electron chi connectivity index (χ0n) is 29.7. The summed E-state index contributed by atoms with van der Waals surface area (Å²) in [6.45, 7) is 5.60. The lowest BCUT2D eigenvalue weighted by Crippen LogP contribution is -2.38. The van der Waals surface area contributed by atoms with Crippen LogP contribution in [0.1, 0.15) is 93.0 Å². The summed E-state index contributed by atoms with van der Waals surface area (Å²) >= 11 is 0. The van der Waals surface area contributed by atoms with Crippen molar-refractivity contribution >= 4 is 11.7 Å². The van der Waals surface area contributed by atoms with Crippen LogP contribution in [0.5, 0.6) is 23.0 Å². The van der Waals surface area contributed by atoms with E-state index in [9.17, 15) is 20.1 Å². The minimum absolute atomic E-state index is 0.0315. The number of Topliss-reactive ketones (excluding diaryl/α,β-unsaturated/α-hetero) is 1. The molecule has 50 heavy (non-hydrogen) atoms. The van der Waals surface area contributed by atoms with Crippen LogP contribution in [0.2, 0.25) is 0 Å². The number of aromatic hydroxyl groups is 1. The van der Waals surface area contributed by atoms with E-state index in [-0.39, 0.29) is 42.8 Å². The van der Waals surface area contributed by atoms with Crippen molar-refractivity contribution in [3.8, 4) is 34.8 Å². The van der Waals surface area contributed by atoms with E-state index < -0.39 is 12.4 Å². The number of aliphatic hydroxyl groups is 2. The van der Waals surface area contributed by atoms with Gasteiger partial charge in [0.1, 0.15) is 12.5 Å². The fraction of sp³-hybridized carbons (Fsp3) is 0.590. The van der Waals surface area contributed by atoms with Crippen molar-refractivity contribution in [2.45, 2.75) is 109 Å². The molecule has 1 saturated carbocycles. The second-order valence-corrected chi connectivity index (χ2v) is 14.2. The van der Waals surface area contributed by atoms with Crippen LogP contribution < -0.4 is 30.6 Å². The number of phenolic OH excluding ortho intramolecular Hbond substituents is 1. The molecule has 1 fully saturated rings. The Morgan fingerprint density at radius 1 is 1.08 bits per heavy atom. The summed E-state index contributed by atoms with van der Waals surface area (Å²) in [5.74, 6) is 8.25. The number of nitrogens with zero attached hydrogens (tertiary/aromatic N) is 1. The molecular weight excluding hydrogens is 636 g/mol. The van der Waals surface area contributed by atoms with Crippen LogP contribution in [0.25, 0.3) is 0 Å². The smallest absolute Gasteiger partial charge is 0.200 e. The summed E-state index contributed by atoms with van der Waals surface area (Å²) < 4.78 is 18.3. The molecular formula is C39H54N4O7. The van der Waals surface area contributed by atoms with Crippen LogP contribution in [-0.4, -0.2) is 72.4 Å². The van der Waals surface area contributed by atoms with Crippen LogP contribution in [0.3, 0.4) is 0 Å². The highest BCUT2D eigenvalue weighted by Crippen LogP contribution is 2.44. The molecule has 11 heteroatoms. The number of ether oxygens (including phenoxy) is 3. The number of aliphatic imine (C=N–C) groups is 1. The first-order valence-electron chi connectivity index (χ1n) is 18.1. The quantitative estimate of drug-likeness (QED) is 0.0932. The predicted molar refractivity (Wildman–Crippen MR) is 193 cm³/mol. The molecule has 2 aromatic carbocycles. The third-order valence-electron chi connectivity index (χ3n) is 9.81. The number of benzene rings is 2. The number of fused-ring (bicyclic) bond motifs is 5. The molecule has 3 aliphatic rings. The summed E-state index contributed by atoms with van der Waals surface area (Å²) in [7, 11) is 1.48. The minimum Gasteiger partial charge on any atom is -0.504 e. The number of phenols is 1. The standard InChI is InChI=1S/C39H54N4O7/c1-24(2)22-42-39(40)41-18-17-28-20-33-26-12-15-31(45)21-30(44)14-11-25-13-16-34(46)36(48-3)32(25)10-6-7-27(19-26)35(37(33)50-38(28)47)49-23-43-29-8-4-5-9-29/h13,16,19,24,28-29,31,38,43,45-47H,4-5,7-9,11-12,14-15,17-18,20-23H2,1-3H3,(H3,40,41,42)/t28-,31-,38+/m1/s1. The van der Waals surface area contributed by atoms with E-state index in [0.717, 1.165) is 35.1 Å². The van der Waals surface area contributed by atoms with E-state index in [1.807, 2.05) is 0 Å². The van der Waals surface area contributed by atoms with Crippen molar-refractivity contribution in [3.05, 3.63) is 46.0 Å². The molecule has 7 N–H and O–H groups in total. The lowest BCUT2D eigenvalue weighted by molar-refractivity contribution is -0.121. The van der Waals surface area contributed by atoms with Gasteiger partial charge in [0.05, 0.1) is 18.8 Å². The summed E-state index contributed by atoms with van der Waals surface area (Å²) in [5, 5.41) is 39.5. The number of hydrogen-bond donors (Lipinski definition) is 6. The number of aryl methyl sites for hydroxylation is 2. The molecule has 1 aliphatic heterocycles. The Hall–Kier alpha value is -3.98. The summed E-state index contributed by atoms with van der Waals surface area (Å²) in [6, 6.07) is 5.77.